The summed E-state index contributed by atoms with van der Waals surface area (Å²) in [7, 11) is 0. The summed E-state index contributed by atoms with van der Waals surface area (Å²) in [4.78, 5) is 30.4. The molecule has 1 aliphatic carbocycles. The molecule has 27 heavy (non-hydrogen) atoms. The van der Waals surface area contributed by atoms with Gasteiger partial charge in [0.15, 0.2) is 0 Å². The molecule has 2 aliphatic rings. The molecule has 0 saturated heterocycles. The van der Waals surface area contributed by atoms with Crippen molar-refractivity contribution >= 4 is 5.91 Å². The van der Waals surface area contributed by atoms with Crippen molar-refractivity contribution in [3.63, 3.8) is 0 Å². The molecule has 1 atom stereocenters. The number of hydrogen-bond acceptors (Lipinski definition) is 5. The molecule has 0 radical (unpaired) electrons. The molecular formula is C19H25N5O3. The van der Waals surface area contributed by atoms with Crippen LogP contribution in [-0.2, 0) is 24.4 Å². The van der Waals surface area contributed by atoms with Crippen molar-refractivity contribution in [3.05, 3.63) is 45.4 Å². The van der Waals surface area contributed by atoms with Gasteiger partial charge in [-0.25, -0.2) is 4.79 Å². The van der Waals surface area contributed by atoms with Gasteiger partial charge in [0.1, 0.15) is 6.10 Å². The largest absolute Gasteiger partial charge is 0.386 e. The molecule has 1 saturated carbocycles. The molecule has 1 amide bonds. The molecule has 8 nitrogen and oxygen atoms in total. The summed E-state index contributed by atoms with van der Waals surface area (Å²) in [5.41, 5.74) is 2.87. The number of aromatic nitrogens is 4. The van der Waals surface area contributed by atoms with Crippen molar-refractivity contribution < 1.29 is 9.90 Å². The van der Waals surface area contributed by atoms with Gasteiger partial charge in [-0.05, 0) is 44.7 Å². The van der Waals surface area contributed by atoms with E-state index in [4.69, 9.17) is 0 Å². The van der Waals surface area contributed by atoms with Crippen molar-refractivity contribution in [2.75, 3.05) is 6.54 Å². The lowest BCUT2D eigenvalue weighted by atomic mass is 10.1. The molecule has 0 bridgehead atoms. The first-order valence-corrected chi connectivity index (χ1v) is 9.50. The predicted octanol–water partition coefficient (Wildman–Crippen LogP) is 0.933. The second-order valence-corrected chi connectivity index (χ2v) is 7.60. The maximum Gasteiger partial charge on any atom is 0.347 e. The van der Waals surface area contributed by atoms with Gasteiger partial charge in [-0.15, -0.1) is 0 Å². The van der Waals surface area contributed by atoms with Crippen LogP contribution in [0, 0.1) is 19.8 Å². The Bertz CT molecular complexity index is 928. The Labute approximate surface area is 157 Å². The Balaban J connectivity index is 1.40. The van der Waals surface area contributed by atoms with E-state index in [9.17, 15) is 14.7 Å². The maximum atomic E-state index is 12.6. The fraction of sp³-hybridized carbons (Fsp3) is 0.579. The van der Waals surface area contributed by atoms with E-state index >= 15 is 0 Å². The Hall–Kier alpha value is -2.48. The zero-order valence-electron chi connectivity index (χ0n) is 15.8. The Morgan fingerprint density at radius 1 is 1.30 bits per heavy atom. The van der Waals surface area contributed by atoms with Crippen LogP contribution in [0.3, 0.4) is 0 Å². The van der Waals surface area contributed by atoms with E-state index in [0.717, 1.165) is 29.9 Å². The lowest BCUT2D eigenvalue weighted by Crippen LogP contribution is -2.39. The monoisotopic (exact) mass is 371 g/mol. The van der Waals surface area contributed by atoms with Crippen LogP contribution in [0.15, 0.2) is 16.9 Å². The average Bonchev–Trinajstić information content (AvgIpc) is 3.38. The first-order chi connectivity index (χ1) is 12.9. The van der Waals surface area contributed by atoms with Crippen LogP contribution in [-0.4, -0.2) is 41.8 Å². The number of aliphatic hydroxyl groups is 1. The van der Waals surface area contributed by atoms with Gasteiger partial charge >= 0.3 is 5.69 Å². The highest BCUT2D eigenvalue weighted by atomic mass is 16.3. The van der Waals surface area contributed by atoms with Gasteiger partial charge in [0.2, 0.25) is 5.91 Å². The van der Waals surface area contributed by atoms with Crippen molar-refractivity contribution in [1.82, 2.24) is 24.2 Å². The molecule has 0 aromatic carbocycles. The Morgan fingerprint density at radius 2 is 2.07 bits per heavy atom. The van der Waals surface area contributed by atoms with Crippen LogP contribution in [0.2, 0.25) is 0 Å². The van der Waals surface area contributed by atoms with Crippen LogP contribution < -0.4 is 5.69 Å². The molecule has 3 heterocycles. The van der Waals surface area contributed by atoms with Crippen LogP contribution >= 0.6 is 0 Å². The minimum Gasteiger partial charge on any atom is -0.386 e. The molecule has 1 aliphatic heterocycles. The van der Waals surface area contributed by atoms with Crippen molar-refractivity contribution in [3.8, 4) is 0 Å². The highest BCUT2D eigenvalue weighted by Crippen LogP contribution is 2.40. The summed E-state index contributed by atoms with van der Waals surface area (Å²) >= 11 is 0. The summed E-state index contributed by atoms with van der Waals surface area (Å²) in [6.45, 7) is 5.68. The molecule has 144 valence electrons. The summed E-state index contributed by atoms with van der Waals surface area (Å²) in [6, 6.07) is 3.76. The first-order valence-electron chi connectivity index (χ1n) is 9.50. The molecule has 1 fully saturated rings. The van der Waals surface area contributed by atoms with Crippen molar-refractivity contribution in [1.29, 1.82) is 0 Å². The minimum atomic E-state index is -0.490. The normalized spacial score (nSPS) is 17.7. The molecule has 0 spiro atoms. The standard InChI is InChI=1S/C19H25N5O3/c1-12-9-13(2)23(19(27)20-12)6-5-17(25)22-7-8-24-15(11-22)10-16(21-24)18(26)14-3-4-14/h9-10,14,18,26H,3-8,11H2,1-2H3/t18-/m1/s1. The number of fused-ring (bicyclic) bond motifs is 1. The van der Waals surface area contributed by atoms with E-state index in [1.807, 2.05) is 23.7 Å². The van der Waals surface area contributed by atoms with E-state index in [2.05, 4.69) is 10.1 Å². The topological polar surface area (TPSA) is 93.3 Å². The predicted molar refractivity (Wildman–Crippen MR) is 97.9 cm³/mol. The van der Waals surface area contributed by atoms with Crippen LogP contribution in [0.5, 0.6) is 0 Å². The molecule has 1 N–H and O–H groups in total. The van der Waals surface area contributed by atoms with Gasteiger partial charge in [0.05, 0.1) is 24.5 Å². The third kappa shape index (κ3) is 3.66. The Morgan fingerprint density at radius 3 is 2.78 bits per heavy atom. The average molecular weight is 371 g/mol. The number of rotatable bonds is 5. The molecule has 2 aromatic heterocycles. The summed E-state index contributed by atoms with van der Waals surface area (Å²) in [5.74, 6) is 0.350. The third-order valence-electron chi connectivity index (χ3n) is 5.44. The fourth-order valence-electron chi connectivity index (χ4n) is 3.71. The van der Waals surface area contributed by atoms with E-state index in [1.54, 1.807) is 16.4 Å². The molecular weight excluding hydrogens is 346 g/mol. The second kappa shape index (κ2) is 6.92. The van der Waals surface area contributed by atoms with Gasteiger partial charge in [-0.3, -0.25) is 14.0 Å². The third-order valence-corrected chi connectivity index (χ3v) is 5.44. The summed E-state index contributed by atoms with van der Waals surface area (Å²) in [5, 5.41) is 14.8. The van der Waals surface area contributed by atoms with Crippen LogP contribution in [0.25, 0.3) is 0 Å². The fourth-order valence-corrected chi connectivity index (χ4v) is 3.71. The lowest BCUT2D eigenvalue weighted by molar-refractivity contribution is -0.133. The second-order valence-electron chi connectivity index (χ2n) is 7.60. The van der Waals surface area contributed by atoms with Gasteiger partial charge in [0, 0.05) is 30.9 Å². The number of carbonyl (C=O) groups excluding carboxylic acids is 1. The van der Waals surface area contributed by atoms with E-state index in [1.165, 1.54) is 0 Å². The van der Waals surface area contributed by atoms with Crippen LogP contribution in [0.1, 0.15) is 48.1 Å². The number of aliphatic hydroxyl groups excluding tert-OH is 1. The van der Waals surface area contributed by atoms with Gasteiger partial charge in [-0.2, -0.15) is 10.1 Å². The minimum absolute atomic E-state index is 0.0126. The highest BCUT2D eigenvalue weighted by molar-refractivity contribution is 5.76. The van der Waals surface area contributed by atoms with Crippen molar-refractivity contribution in [2.45, 2.75) is 58.8 Å². The summed E-state index contributed by atoms with van der Waals surface area (Å²) < 4.78 is 3.44. The van der Waals surface area contributed by atoms with E-state index in [-0.39, 0.29) is 18.0 Å². The van der Waals surface area contributed by atoms with Crippen LogP contribution in [0.4, 0.5) is 0 Å². The molecule has 8 heteroatoms. The number of amides is 1. The Kier molecular flexibility index (Phi) is 4.59. The lowest BCUT2D eigenvalue weighted by Gasteiger charge is -2.28. The smallest absolute Gasteiger partial charge is 0.347 e. The molecule has 0 unspecified atom stereocenters. The SMILES string of the molecule is Cc1cc(C)n(CCC(=O)N2CCn3nc([C@H](O)C4CC4)cc3C2)c(=O)n1. The number of hydrogen-bond donors (Lipinski definition) is 1. The number of carbonyl (C=O) groups is 1. The first kappa shape index (κ1) is 17.9. The zero-order chi connectivity index (χ0) is 19.1. The zero-order valence-corrected chi connectivity index (χ0v) is 15.8. The van der Waals surface area contributed by atoms with E-state index < -0.39 is 6.10 Å². The van der Waals surface area contributed by atoms with E-state index in [0.29, 0.717) is 37.8 Å². The molecule has 4 rings (SSSR count). The van der Waals surface area contributed by atoms with Gasteiger partial charge in [0.25, 0.3) is 0 Å². The number of aryl methyl sites for hydroxylation is 2. The molecule has 2 aromatic rings. The quantitative estimate of drug-likeness (QED) is 0.844. The van der Waals surface area contributed by atoms with Crippen molar-refractivity contribution in [2.24, 2.45) is 5.92 Å². The maximum absolute atomic E-state index is 12.6. The highest BCUT2D eigenvalue weighted by Gasteiger charge is 2.33. The summed E-state index contributed by atoms with van der Waals surface area (Å²) in [6.07, 6.45) is 1.88. The van der Waals surface area contributed by atoms with Gasteiger partial charge < -0.3 is 10.0 Å². The number of nitrogens with zero attached hydrogens (tertiary/aromatic N) is 5. The van der Waals surface area contributed by atoms with Gasteiger partial charge in [-0.1, -0.05) is 0 Å².